The van der Waals surface area contributed by atoms with Crippen LogP contribution in [-0.4, -0.2) is 40.1 Å². The molecule has 7 nitrogen and oxygen atoms in total. The number of rotatable bonds is 4. The number of carbonyl (C=O) groups excluding carboxylic acids is 1. The van der Waals surface area contributed by atoms with Crippen molar-refractivity contribution in [3.8, 4) is 11.3 Å². The van der Waals surface area contributed by atoms with Crippen LogP contribution >= 0.6 is 11.6 Å². The first kappa shape index (κ1) is 18.3. The molecular formula is C18H20ClN3O4. The molecule has 2 aromatic rings. The number of hydrogen-bond donors (Lipinski definition) is 2. The molecular weight excluding hydrogens is 358 g/mol. The van der Waals surface area contributed by atoms with E-state index in [1.165, 1.54) is 4.90 Å². The summed E-state index contributed by atoms with van der Waals surface area (Å²) in [7, 11) is 0. The van der Waals surface area contributed by atoms with Crippen LogP contribution in [0.25, 0.3) is 11.3 Å². The topological polar surface area (TPSA) is 95.7 Å². The maximum Gasteiger partial charge on any atom is 0.317 e. The fourth-order valence-corrected chi connectivity index (χ4v) is 3.10. The van der Waals surface area contributed by atoms with E-state index < -0.39 is 11.4 Å². The standard InChI is InChI=1S/C18H20ClN3O4/c1-11-15(12-3-5-13(19)6-4-12)26-14(21-11)9-20-17(25)22-8-7-18(2,10-22)16(23)24/h3-6H,7-10H2,1-2H3,(H,20,25)(H,23,24). The SMILES string of the molecule is Cc1nc(CNC(=O)N2CCC(C)(C(=O)O)C2)oc1-c1ccc(Cl)cc1. The second kappa shape index (κ2) is 6.99. The molecule has 0 bridgehead atoms. The smallest absolute Gasteiger partial charge is 0.317 e. The number of carboxylic acids is 1. The lowest BCUT2D eigenvalue weighted by atomic mass is 9.90. The zero-order valence-electron chi connectivity index (χ0n) is 14.6. The summed E-state index contributed by atoms with van der Waals surface area (Å²) in [6, 6.07) is 6.91. The summed E-state index contributed by atoms with van der Waals surface area (Å²) in [6.45, 7) is 4.22. The van der Waals surface area contributed by atoms with Crippen LogP contribution in [0.5, 0.6) is 0 Å². The van der Waals surface area contributed by atoms with Crippen LogP contribution in [-0.2, 0) is 11.3 Å². The maximum absolute atomic E-state index is 12.3. The van der Waals surface area contributed by atoms with Crippen molar-refractivity contribution in [1.82, 2.24) is 15.2 Å². The van der Waals surface area contributed by atoms with Crippen LogP contribution in [0, 0.1) is 12.3 Å². The molecule has 2 N–H and O–H groups in total. The number of nitrogens with one attached hydrogen (secondary N) is 1. The molecule has 1 aliphatic heterocycles. The average molecular weight is 378 g/mol. The molecule has 0 spiro atoms. The van der Waals surface area contributed by atoms with Crippen molar-refractivity contribution in [3.05, 3.63) is 40.9 Å². The molecule has 1 aromatic heterocycles. The van der Waals surface area contributed by atoms with Gasteiger partial charge >= 0.3 is 12.0 Å². The number of aromatic nitrogens is 1. The number of aliphatic carboxylic acids is 1. The third-order valence-corrected chi connectivity index (χ3v) is 4.87. The fourth-order valence-electron chi connectivity index (χ4n) is 2.97. The van der Waals surface area contributed by atoms with E-state index in [-0.39, 0.29) is 19.1 Å². The molecule has 2 heterocycles. The molecule has 3 rings (SSSR count). The largest absolute Gasteiger partial charge is 0.481 e. The third kappa shape index (κ3) is 3.67. The minimum absolute atomic E-state index is 0.132. The number of urea groups is 1. The summed E-state index contributed by atoms with van der Waals surface area (Å²) in [4.78, 5) is 29.4. The summed E-state index contributed by atoms with van der Waals surface area (Å²) in [6.07, 6.45) is 0.439. The predicted molar refractivity (Wildman–Crippen MR) is 95.9 cm³/mol. The van der Waals surface area contributed by atoms with E-state index in [1.807, 2.05) is 19.1 Å². The lowest BCUT2D eigenvalue weighted by Crippen LogP contribution is -2.40. The first-order valence-electron chi connectivity index (χ1n) is 8.27. The fraction of sp³-hybridized carbons (Fsp3) is 0.389. The van der Waals surface area contributed by atoms with E-state index >= 15 is 0 Å². The molecule has 138 valence electrons. The van der Waals surface area contributed by atoms with E-state index in [2.05, 4.69) is 10.3 Å². The van der Waals surface area contributed by atoms with Gasteiger partial charge in [0.1, 0.15) is 0 Å². The molecule has 26 heavy (non-hydrogen) atoms. The van der Waals surface area contributed by atoms with Crippen molar-refractivity contribution in [2.45, 2.75) is 26.8 Å². The Morgan fingerprint density at radius 3 is 2.69 bits per heavy atom. The molecule has 1 saturated heterocycles. The Morgan fingerprint density at radius 2 is 2.08 bits per heavy atom. The van der Waals surface area contributed by atoms with Crippen LogP contribution < -0.4 is 5.32 Å². The third-order valence-electron chi connectivity index (χ3n) is 4.61. The van der Waals surface area contributed by atoms with Gasteiger partial charge in [0.2, 0.25) is 5.89 Å². The summed E-state index contributed by atoms with van der Waals surface area (Å²) < 4.78 is 5.75. The van der Waals surface area contributed by atoms with Crippen LogP contribution in [0.4, 0.5) is 4.79 Å². The van der Waals surface area contributed by atoms with Gasteiger partial charge in [-0.05, 0) is 44.5 Å². The van der Waals surface area contributed by atoms with Gasteiger partial charge in [-0.2, -0.15) is 0 Å². The van der Waals surface area contributed by atoms with E-state index in [9.17, 15) is 14.7 Å². The quantitative estimate of drug-likeness (QED) is 0.852. The lowest BCUT2D eigenvalue weighted by Gasteiger charge is -2.20. The van der Waals surface area contributed by atoms with Gasteiger partial charge in [-0.3, -0.25) is 4.79 Å². The molecule has 0 radical (unpaired) electrons. The van der Waals surface area contributed by atoms with Gasteiger partial charge in [-0.1, -0.05) is 11.6 Å². The highest BCUT2D eigenvalue weighted by Gasteiger charge is 2.42. The zero-order chi connectivity index (χ0) is 18.9. The average Bonchev–Trinajstić information content (AvgIpc) is 3.18. The van der Waals surface area contributed by atoms with Crippen LogP contribution in [0.1, 0.15) is 24.9 Å². The minimum Gasteiger partial charge on any atom is -0.481 e. The number of carboxylic acid groups (broad SMARTS) is 1. The molecule has 2 amide bonds. The predicted octanol–water partition coefficient (Wildman–Crippen LogP) is 3.31. The highest BCUT2D eigenvalue weighted by Crippen LogP contribution is 2.30. The maximum atomic E-state index is 12.3. The molecule has 8 heteroatoms. The Hall–Kier alpha value is -2.54. The van der Waals surface area contributed by atoms with E-state index in [4.69, 9.17) is 16.0 Å². The monoisotopic (exact) mass is 377 g/mol. The normalized spacial score (nSPS) is 19.6. The van der Waals surface area contributed by atoms with Crippen molar-refractivity contribution in [2.75, 3.05) is 13.1 Å². The number of carbonyl (C=O) groups is 2. The summed E-state index contributed by atoms with van der Waals surface area (Å²) in [5, 5.41) is 12.6. The van der Waals surface area contributed by atoms with Crippen LogP contribution in [0.2, 0.25) is 5.02 Å². The van der Waals surface area contributed by atoms with Crippen LogP contribution in [0.15, 0.2) is 28.7 Å². The second-order valence-electron chi connectivity index (χ2n) is 6.73. The Bertz CT molecular complexity index is 833. The Morgan fingerprint density at radius 1 is 1.38 bits per heavy atom. The highest BCUT2D eigenvalue weighted by atomic mass is 35.5. The molecule has 0 aliphatic carbocycles. The number of amides is 2. The Kier molecular flexibility index (Phi) is 4.91. The van der Waals surface area contributed by atoms with Gasteiger partial charge < -0.3 is 19.7 Å². The van der Waals surface area contributed by atoms with Gasteiger partial charge in [-0.25, -0.2) is 9.78 Å². The van der Waals surface area contributed by atoms with Gasteiger partial charge in [0.15, 0.2) is 5.76 Å². The van der Waals surface area contributed by atoms with Gasteiger partial charge in [0.05, 0.1) is 17.7 Å². The number of hydrogen-bond acceptors (Lipinski definition) is 4. The first-order valence-corrected chi connectivity index (χ1v) is 8.65. The minimum atomic E-state index is -0.890. The first-order chi connectivity index (χ1) is 12.3. The molecule has 1 atom stereocenters. The van der Waals surface area contributed by atoms with E-state index in [0.29, 0.717) is 29.6 Å². The van der Waals surface area contributed by atoms with Crippen molar-refractivity contribution in [3.63, 3.8) is 0 Å². The van der Waals surface area contributed by atoms with Crippen molar-refractivity contribution in [1.29, 1.82) is 0 Å². The summed E-state index contributed by atoms with van der Waals surface area (Å²) >= 11 is 5.90. The van der Waals surface area contributed by atoms with Gasteiger partial charge in [0, 0.05) is 23.7 Å². The van der Waals surface area contributed by atoms with Crippen molar-refractivity contribution in [2.24, 2.45) is 5.41 Å². The molecule has 1 aliphatic rings. The van der Waals surface area contributed by atoms with Gasteiger partial charge in [0.25, 0.3) is 0 Å². The van der Waals surface area contributed by atoms with E-state index in [0.717, 1.165) is 11.3 Å². The molecule has 0 saturated carbocycles. The van der Waals surface area contributed by atoms with Gasteiger partial charge in [-0.15, -0.1) is 0 Å². The molecule has 1 fully saturated rings. The zero-order valence-corrected chi connectivity index (χ0v) is 15.3. The van der Waals surface area contributed by atoms with Crippen molar-refractivity contribution < 1.29 is 19.1 Å². The number of benzene rings is 1. The second-order valence-corrected chi connectivity index (χ2v) is 7.16. The number of nitrogens with zero attached hydrogens (tertiary/aromatic N) is 2. The number of aryl methyl sites for hydroxylation is 1. The highest BCUT2D eigenvalue weighted by molar-refractivity contribution is 6.30. The Balaban J connectivity index is 1.62. The number of halogens is 1. The molecule has 1 aromatic carbocycles. The summed E-state index contributed by atoms with van der Waals surface area (Å²) in [5.74, 6) is 0.135. The Labute approximate surface area is 156 Å². The van der Waals surface area contributed by atoms with Crippen LogP contribution in [0.3, 0.4) is 0 Å². The van der Waals surface area contributed by atoms with Crippen molar-refractivity contribution >= 4 is 23.6 Å². The van der Waals surface area contributed by atoms with E-state index in [1.54, 1.807) is 19.1 Å². The summed E-state index contributed by atoms with van der Waals surface area (Å²) in [5.41, 5.74) is 0.684. The number of likely N-dealkylation sites (tertiary alicyclic amines) is 1. The molecule has 1 unspecified atom stereocenters. The lowest BCUT2D eigenvalue weighted by molar-refractivity contribution is -0.147. The number of oxazole rings is 1.